The summed E-state index contributed by atoms with van der Waals surface area (Å²) in [4.78, 5) is 12.1. The number of anilines is 1. The van der Waals surface area contributed by atoms with Crippen molar-refractivity contribution in [1.82, 2.24) is 10.2 Å². The lowest BCUT2D eigenvalue weighted by atomic mass is 10.1. The highest BCUT2D eigenvalue weighted by Gasteiger charge is 2.13. The molecular weight excluding hydrogens is 266 g/mol. The molecule has 0 aliphatic heterocycles. The molecule has 104 valence electrons. The van der Waals surface area contributed by atoms with Gasteiger partial charge in [-0.3, -0.25) is 10.1 Å². The van der Waals surface area contributed by atoms with Crippen LogP contribution in [0.1, 0.15) is 15.9 Å². The topological polar surface area (TPSA) is 68.0 Å². The van der Waals surface area contributed by atoms with E-state index in [-0.39, 0.29) is 11.9 Å². The smallest absolute Gasteiger partial charge is 0.322 e. The summed E-state index contributed by atoms with van der Waals surface area (Å²) < 4.78 is 5.45. The molecule has 3 rings (SSSR count). The molecule has 5 nitrogen and oxygen atoms in total. The third kappa shape index (κ3) is 2.81. The van der Waals surface area contributed by atoms with Crippen LogP contribution in [-0.2, 0) is 0 Å². The number of aryl methyl sites for hydroxylation is 1. The van der Waals surface area contributed by atoms with Crippen LogP contribution in [0.4, 0.5) is 6.01 Å². The SMILES string of the molecule is Cc1ccccc1C(=O)Nc1nnc(-c2ccccc2)o1. The predicted molar refractivity (Wildman–Crippen MR) is 78.9 cm³/mol. The number of nitrogens with zero attached hydrogens (tertiary/aromatic N) is 2. The van der Waals surface area contributed by atoms with Gasteiger partial charge in [0, 0.05) is 11.1 Å². The van der Waals surface area contributed by atoms with Crippen LogP contribution in [0, 0.1) is 6.92 Å². The minimum atomic E-state index is -0.267. The summed E-state index contributed by atoms with van der Waals surface area (Å²) in [5.41, 5.74) is 2.27. The van der Waals surface area contributed by atoms with Crippen molar-refractivity contribution < 1.29 is 9.21 Å². The molecule has 0 radical (unpaired) electrons. The van der Waals surface area contributed by atoms with E-state index in [0.717, 1.165) is 11.1 Å². The number of carbonyl (C=O) groups excluding carboxylic acids is 1. The standard InChI is InChI=1S/C16H13N3O2/c1-11-7-5-6-10-13(11)14(20)17-16-19-18-15(21-16)12-8-3-2-4-9-12/h2-10H,1H3,(H,17,19,20). The van der Waals surface area contributed by atoms with E-state index < -0.39 is 0 Å². The lowest BCUT2D eigenvalue weighted by molar-refractivity contribution is 0.102. The average Bonchev–Trinajstić information content (AvgIpc) is 2.97. The van der Waals surface area contributed by atoms with Gasteiger partial charge < -0.3 is 4.42 Å². The van der Waals surface area contributed by atoms with Crippen LogP contribution in [-0.4, -0.2) is 16.1 Å². The maximum atomic E-state index is 12.1. The second-order valence-electron chi connectivity index (χ2n) is 4.55. The molecule has 0 saturated heterocycles. The van der Waals surface area contributed by atoms with E-state index in [1.807, 2.05) is 55.5 Å². The molecule has 0 unspecified atom stereocenters. The van der Waals surface area contributed by atoms with Gasteiger partial charge in [-0.25, -0.2) is 0 Å². The third-order valence-electron chi connectivity index (χ3n) is 3.06. The van der Waals surface area contributed by atoms with Gasteiger partial charge in [-0.05, 0) is 30.7 Å². The molecule has 1 aromatic heterocycles. The first-order valence-electron chi connectivity index (χ1n) is 6.50. The Balaban J connectivity index is 1.79. The Bertz CT molecular complexity index is 766. The summed E-state index contributed by atoms with van der Waals surface area (Å²) in [6.07, 6.45) is 0. The largest absolute Gasteiger partial charge is 0.403 e. The zero-order valence-electron chi connectivity index (χ0n) is 11.4. The number of hydrogen-bond donors (Lipinski definition) is 1. The Kier molecular flexibility index (Phi) is 3.47. The van der Waals surface area contributed by atoms with Gasteiger partial charge in [-0.2, -0.15) is 0 Å². The van der Waals surface area contributed by atoms with Crippen LogP contribution in [0.25, 0.3) is 11.5 Å². The lowest BCUT2D eigenvalue weighted by Crippen LogP contribution is -2.13. The van der Waals surface area contributed by atoms with Crippen molar-refractivity contribution in [2.45, 2.75) is 6.92 Å². The van der Waals surface area contributed by atoms with E-state index in [2.05, 4.69) is 15.5 Å². The number of hydrogen-bond acceptors (Lipinski definition) is 4. The Morgan fingerprint density at radius 1 is 1.00 bits per heavy atom. The van der Waals surface area contributed by atoms with Crippen molar-refractivity contribution in [3.63, 3.8) is 0 Å². The van der Waals surface area contributed by atoms with Crippen molar-refractivity contribution in [2.24, 2.45) is 0 Å². The number of aromatic nitrogens is 2. The van der Waals surface area contributed by atoms with Crippen LogP contribution in [0.15, 0.2) is 59.0 Å². The van der Waals surface area contributed by atoms with Crippen molar-refractivity contribution in [3.8, 4) is 11.5 Å². The van der Waals surface area contributed by atoms with Crippen molar-refractivity contribution >= 4 is 11.9 Å². The molecule has 0 bridgehead atoms. The normalized spacial score (nSPS) is 10.3. The molecule has 2 aromatic carbocycles. The zero-order chi connectivity index (χ0) is 14.7. The first-order valence-corrected chi connectivity index (χ1v) is 6.50. The Hall–Kier alpha value is -2.95. The molecule has 0 atom stereocenters. The molecule has 21 heavy (non-hydrogen) atoms. The van der Waals surface area contributed by atoms with Crippen molar-refractivity contribution in [1.29, 1.82) is 0 Å². The van der Waals surface area contributed by atoms with Crippen molar-refractivity contribution in [3.05, 3.63) is 65.7 Å². The second-order valence-corrected chi connectivity index (χ2v) is 4.55. The fraction of sp³-hybridized carbons (Fsp3) is 0.0625. The molecule has 0 aliphatic carbocycles. The fourth-order valence-corrected chi connectivity index (χ4v) is 1.96. The van der Waals surface area contributed by atoms with E-state index in [1.165, 1.54) is 0 Å². The molecule has 3 aromatic rings. The van der Waals surface area contributed by atoms with Crippen LogP contribution in [0.5, 0.6) is 0 Å². The summed E-state index contributed by atoms with van der Waals surface area (Å²) in [5, 5.41) is 10.4. The summed E-state index contributed by atoms with van der Waals surface area (Å²) >= 11 is 0. The monoisotopic (exact) mass is 279 g/mol. The maximum absolute atomic E-state index is 12.1. The second kappa shape index (κ2) is 5.58. The average molecular weight is 279 g/mol. The van der Waals surface area contributed by atoms with Gasteiger partial charge in [0.05, 0.1) is 0 Å². The maximum Gasteiger partial charge on any atom is 0.322 e. The first kappa shape index (κ1) is 13.1. The van der Waals surface area contributed by atoms with Gasteiger partial charge in [-0.15, -0.1) is 5.10 Å². The molecule has 0 saturated carbocycles. The van der Waals surface area contributed by atoms with E-state index in [4.69, 9.17) is 4.42 Å². The number of carbonyl (C=O) groups is 1. The summed E-state index contributed by atoms with van der Waals surface area (Å²) in [6, 6.07) is 16.8. The molecule has 1 N–H and O–H groups in total. The van der Waals surface area contributed by atoms with Crippen molar-refractivity contribution in [2.75, 3.05) is 5.32 Å². The minimum Gasteiger partial charge on any atom is -0.403 e. The molecule has 1 amide bonds. The summed E-state index contributed by atoms with van der Waals surface area (Å²) in [6.45, 7) is 1.87. The molecule has 1 heterocycles. The lowest BCUT2D eigenvalue weighted by Gasteiger charge is -2.03. The third-order valence-corrected chi connectivity index (χ3v) is 3.06. The van der Waals surface area contributed by atoms with E-state index in [9.17, 15) is 4.79 Å². The van der Waals surface area contributed by atoms with Gasteiger partial charge in [0.1, 0.15) is 0 Å². The van der Waals surface area contributed by atoms with Gasteiger partial charge in [0.2, 0.25) is 5.89 Å². The van der Waals surface area contributed by atoms with Crippen LogP contribution >= 0.6 is 0 Å². The summed E-state index contributed by atoms with van der Waals surface area (Å²) in [7, 11) is 0. The molecule has 0 aliphatic rings. The number of nitrogens with one attached hydrogen (secondary N) is 1. The molecule has 0 fully saturated rings. The van der Waals surface area contributed by atoms with Gasteiger partial charge in [-0.1, -0.05) is 41.5 Å². The van der Waals surface area contributed by atoms with Gasteiger partial charge >= 0.3 is 6.01 Å². The van der Waals surface area contributed by atoms with Crippen LogP contribution < -0.4 is 5.32 Å². The minimum absolute atomic E-state index is 0.0853. The van der Waals surface area contributed by atoms with E-state index >= 15 is 0 Å². The zero-order valence-corrected chi connectivity index (χ0v) is 11.4. The number of amides is 1. The Morgan fingerprint density at radius 3 is 2.48 bits per heavy atom. The summed E-state index contributed by atoms with van der Waals surface area (Å²) in [5.74, 6) is 0.104. The molecule has 0 spiro atoms. The number of rotatable bonds is 3. The number of benzene rings is 2. The molecular formula is C16H13N3O2. The van der Waals surface area contributed by atoms with Gasteiger partial charge in [0.15, 0.2) is 0 Å². The Morgan fingerprint density at radius 2 is 1.71 bits per heavy atom. The van der Waals surface area contributed by atoms with E-state index in [1.54, 1.807) is 6.07 Å². The van der Waals surface area contributed by atoms with Crippen LogP contribution in [0.3, 0.4) is 0 Å². The quantitative estimate of drug-likeness (QED) is 0.798. The fourth-order valence-electron chi connectivity index (χ4n) is 1.96. The molecule has 5 heteroatoms. The Labute approximate surface area is 121 Å². The highest BCUT2D eigenvalue weighted by Crippen LogP contribution is 2.19. The highest BCUT2D eigenvalue weighted by molar-refractivity contribution is 6.04. The highest BCUT2D eigenvalue weighted by atomic mass is 16.4. The first-order chi connectivity index (χ1) is 10.2. The van der Waals surface area contributed by atoms with Gasteiger partial charge in [0.25, 0.3) is 5.91 Å². The van der Waals surface area contributed by atoms with E-state index in [0.29, 0.717) is 11.5 Å². The van der Waals surface area contributed by atoms with Crippen LogP contribution in [0.2, 0.25) is 0 Å². The predicted octanol–water partition coefficient (Wildman–Crippen LogP) is 3.30.